The van der Waals surface area contributed by atoms with Gasteiger partial charge in [-0.25, -0.2) is 5.48 Å². The summed E-state index contributed by atoms with van der Waals surface area (Å²) < 4.78 is 11.1. The van der Waals surface area contributed by atoms with Crippen LogP contribution in [0.1, 0.15) is 75.3 Å². The summed E-state index contributed by atoms with van der Waals surface area (Å²) in [7, 11) is 1.70. The number of hydrogen-bond donors (Lipinski definition) is 2. The second-order valence-electron chi connectivity index (χ2n) is 12.2. The van der Waals surface area contributed by atoms with Crippen LogP contribution in [0.3, 0.4) is 0 Å². The topological polar surface area (TPSA) is 87.2 Å². The number of ether oxygens (including phenoxy) is 2. The number of carbonyl (C=O) groups excluding carboxylic acids is 1. The van der Waals surface area contributed by atoms with Crippen LogP contribution in [0.2, 0.25) is 0 Å². The average Bonchev–Trinajstić information content (AvgIpc) is 3.01. The first-order valence-electron chi connectivity index (χ1n) is 15.5. The summed E-state index contributed by atoms with van der Waals surface area (Å²) in [6.07, 6.45) is 14.4. The number of aromatic nitrogens is 1. The van der Waals surface area contributed by atoms with Gasteiger partial charge in [0.1, 0.15) is 5.75 Å². The van der Waals surface area contributed by atoms with Crippen LogP contribution in [0.4, 0.5) is 0 Å². The van der Waals surface area contributed by atoms with Crippen LogP contribution in [0.15, 0.2) is 24.4 Å². The molecule has 5 rings (SSSR count). The van der Waals surface area contributed by atoms with Crippen LogP contribution < -0.4 is 10.2 Å². The molecule has 0 bridgehead atoms. The number of nitrogens with one attached hydrogen (secondary N) is 1. The molecule has 0 atom stereocenters. The summed E-state index contributed by atoms with van der Waals surface area (Å²) in [4.78, 5) is 22.8. The van der Waals surface area contributed by atoms with Gasteiger partial charge in [0.25, 0.3) is 0 Å². The number of rotatable bonds is 11. The van der Waals surface area contributed by atoms with Crippen molar-refractivity contribution >= 4 is 16.8 Å². The third-order valence-corrected chi connectivity index (χ3v) is 9.83. The van der Waals surface area contributed by atoms with Crippen molar-refractivity contribution in [2.45, 2.75) is 77.2 Å². The van der Waals surface area contributed by atoms with Gasteiger partial charge >= 0.3 is 0 Å². The molecule has 3 fully saturated rings. The van der Waals surface area contributed by atoms with Gasteiger partial charge in [-0.15, -0.1) is 0 Å². The zero-order valence-corrected chi connectivity index (χ0v) is 24.3. The first kappa shape index (κ1) is 29.2. The fourth-order valence-electron chi connectivity index (χ4n) is 7.18. The highest BCUT2D eigenvalue weighted by Crippen LogP contribution is 2.38. The van der Waals surface area contributed by atoms with Gasteiger partial charge in [0.2, 0.25) is 5.91 Å². The maximum atomic E-state index is 13.0. The SMILES string of the molecule is COc1ccc2ncc(CN3CCOCC3)c(CCCC3(C(=O)NO)CCN(CCC4CCCCC4)CC3)c2c1. The van der Waals surface area contributed by atoms with Crippen molar-refractivity contribution in [1.82, 2.24) is 20.3 Å². The van der Waals surface area contributed by atoms with E-state index in [1.807, 2.05) is 23.8 Å². The number of hydroxylamine groups is 1. The van der Waals surface area contributed by atoms with Crippen molar-refractivity contribution in [2.75, 3.05) is 53.0 Å². The Kier molecular flexibility index (Phi) is 10.3. The minimum absolute atomic E-state index is 0.214. The van der Waals surface area contributed by atoms with Gasteiger partial charge in [-0.2, -0.15) is 0 Å². The fraction of sp³-hybridized carbons (Fsp3) is 0.688. The third-order valence-electron chi connectivity index (χ3n) is 9.83. The smallest absolute Gasteiger partial charge is 0.249 e. The third kappa shape index (κ3) is 7.14. The number of methoxy groups -OCH3 is 1. The van der Waals surface area contributed by atoms with E-state index in [1.54, 1.807) is 7.11 Å². The normalized spacial score (nSPS) is 20.9. The summed E-state index contributed by atoms with van der Waals surface area (Å²) in [6, 6.07) is 6.09. The predicted molar refractivity (Wildman–Crippen MR) is 157 cm³/mol. The van der Waals surface area contributed by atoms with Crippen molar-refractivity contribution < 1.29 is 19.5 Å². The Balaban J connectivity index is 1.26. The Morgan fingerprint density at radius 3 is 2.62 bits per heavy atom. The molecule has 2 aliphatic heterocycles. The molecule has 8 nitrogen and oxygen atoms in total. The number of aryl methyl sites for hydroxylation is 1. The number of carbonyl (C=O) groups is 1. The Morgan fingerprint density at radius 2 is 1.90 bits per heavy atom. The van der Waals surface area contributed by atoms with Crippen LogP contribution in [-0.2, 0) is 22.5 Å². The number of amides is 1. The summed E-state index contributed by atoms with van der Waals surface area (Å²) in [5, 5.41) is 10.8. The summed E-state index contributed by atoms with van der Waals surface area (Å²) in [5.74, 6) is 1.49. The summed E-state index contributed by atoms with van der Waals surface area (Å²) in [5.41, 5.74) is 5.01. The van der Waals surface area contributed by atoms with Gasteiger partial charge in [-0.05, 0) is 93.4 Å². The number of pyridine rings is 1. The monoisotopic (exact) mass is 552 g/mol. The Bertz CT molecular complexity index is 1110. The minimum atomic E-state index is -0.513. The van der Waals surface area contributed by atoms with E-state index in [-0.39, 0.29) is 5.91 Å². The van der Waals surface area contributed by atoms with Gasteiger partial charge in [-0.1, -0.05) is 32.1 Å². The highest BCUT2D eigenvalue weighted by molar-refractivity contribution is 5.84. The lowest BCUT2D eigenvalue weighted by atomic mass is 9.73. The summed E-state index contributed by atoms with van der Waals surface area (Å²) in [6.45, 7) is 7.21. The Morgan fingerprint density at radius 1 is 1.12 bits per heavy atom. The molecule has 2 N–H and O–H groups in total. The molecule has 1 aromatic heterocycles. The largest absolute Gasteiger partial charge is 0.497 e. The highest BCUT2D eigenvalue weighted by atomic mass is 16.5. The molecule has 2 aromatic rings. The number of benzene rings is 1. The standard InChI is InChI=1S/C32H48N4O4/c1-39-27-9-10-30-29(22-27)28(26(23-33-30)24-36-18-20-40-21-19-36)8-5-12-32(31(37)34-38)13-16-35(17-14-32)15-11-25-6-3-2-4-7-25/h9-10,22-23,25,38H,2-8,11-21,24H2,1H3,(H,34,37). The van der Waals surface area contributed by atoms with Crippen molar-refractivity contribution in [3.63, 3.8) is 0 Å². The van der Waals surface area contributed by atoms with Gasteiger partial charge in [0.15, 0.2) is 0 Å². The van der Waals surface area contributed by atoms with Gasteiger partial charge < -0.3 is 14.4 Å². The van der Waals surface area contributed by atoms with E-state index in [2.05, 4.69) is 15.9 Å². The van der Waals surface area contributed by atoms with Crippen molar-refractivity contribution in [2.24, 2.45) is 11.3 Å². The van der Waals surface area contributed by atoms with Crippen molar-refractivity contribution in [3.05, 3.63) is 35.5 Å². The molecule has 8 heteroatoms. The van der Waals surface area contributed by atoms with Crippen LogP contribution in [0, 0.1) is 11.3 Å². The fourth-order valence-corrected chi connectivity index (χ4v) is 7.18. The molecule has 1 saturated carbocycles. The second-order valence-corrected chi connectivity index (χ2v) is 12.2. The lowest BCUT2D eigenvalue weighted by molar-refractivity contribution is -0.143. The molecule has 220 valence electrons. The minimum Gasteiger partial charge on any atom is -0.497 e. The van der Waals surface area contributed by atoms with Crippen LogP contribution in [-0.4, -0.2) is 78.9 Å². The van der Waals surface area contributed by atoms with Crippen LogP contribution in [0.25, 0.3) is 10.9 Å². The number of piperidine rings is 1. The quantitative estimate of drug-likeness (QED) is 0.301. The van der Waals surface area contributed by atoms with E-state index in [9.17, 15) is 10.0 Å². The maximum Gasteiger partial charge on any atom is 0.249 e. The van der Waals surface area contributed by atoms with E-state index in [0.717, 1.165) is 107 Å². The molecule has 0 radical (unpaired) electrons. The number of nitrogens with zero attached hydrogens (tertiary/aromatic N) is 3. The molecule has 3 heterocycles. The van der Waals surface area contributed by atoms with Crippen molar-refractivity contribution in [3.8, 4) is 5.75 Å². The highest BCUT2D eigenvalue weighted by Gasteiger charge is 2.40. The molecule has 0 spiro atoms. The maximum absolute atomic E-state index is 13.0. The molecule has 40 heavy (non-hydrogen) atoms. The van der Waals surface area contributed by atoms with E-state index < -0.39 is 5.41 Å². The molecular weight excluding hydrogens is 504 g/mol. The van der Waals surface area contributed by atoms with Gasteiger partial charge in [0.05, 0.1) is 31.3 Å². The number of hydrogen-bond acceptors (Lipinski definition) is 7. The average molecular weight is 553 g/mol. The van der Waals surface area contributed by atoms with E-state index in [1.165, 1.54) is 49.7 Å². The lowest BCUT2D eigenvalue weighted by Gasteiger charge is -2.41. The Hall–Kier alpha value is -2.26. The number of morpholine rings is 1. The molecule has 2 saturated heterocycles. The first-order chi connectivity index (χ1) is 19.6. The van der Waals surface area contributed by atoms with Crippen molar-refractivity contribution in [1.29, 1.82) is 0 Å². The molecule has 0 unspecified atom stereocenters. The molecule has 3 aliphatic rings. The lowest BCUT2D eigenvalue weighted by Crippen LogP contribution is -2.48. The van der Waals surface area contributed by atoms with E-state index >= 15 is 0 Å². The van der Waals surface area contributed by atoms with E-state index in [0.29, 0.717) is 0 Å². The molecule has 1 aromatic carbocycles. The number of likely N-dealkylation sites (tertiary alicyclic amines) is 1. The second kappa shape index (κ2) is 14.1. The van der Waals surface area contributed by atoms with Gasteiger partial charge in [-0.3, -0.25) is 19.9 Å². The van der Waals surface area contributed by atoms with Gasteiger partial charge in [0, 0.05) is 31.2 Å². The number of fused-ring (bicyclic) bond motifs is 1. The zero-order valence-electron chi connectivity index (χ0n) is 24.3. The molecule has 1 aliphatic carbocycles. The van der Waals surface area contributed by atoms with Crippen LogP contribution >= 0.6 is 0 Å². The molecule has 1 amide bonds. The predicted octanol–water partition coefficient (Wildman–Crippen LogP) is 4.96. The summed E-state index contributed by atoms with van der Waals surface area (Å²) >= 11 is 0. The Labute approximate surface area is 239 Å². The van der Waals surface area contributed by atoms with E-state index in [4.69, 9.17) is 14.5 Å². The van der Waals surface area contributed by atoms with Crippen LogP contribution in [0.5, 0.6) is 5.75 Å². The first-order valence-corrected chi connectivity index (χ1v) is 15.5. The molecular formula is C32H48N4O4. The zero-order chi connectivity index (χ0) is 27.8.